The molecule has 0 saturated carbocycles. The number of ether oxygens (including phenoxy) is 2. The summed E-state index contributed by atoms with van der Waals surface area (Å²) in [4.78, 5) is 4.37. The summed E-state index contributed by atoms with van der Waals surface area (Å²) in [5.41, 5.74) is 2.10. The van der Waals surface area contributed by atoms with Crippen LogP contribution >= 0.6 is 12.2 Å². The second-order valence-electron chi connectivity index (χ2n) is 4.35. The van der Waals surface area contributed by atoms with Crippen LogP contribution in [0.4, 0.5) is 5.82 Å². The molecule has 0 unspecified atom stereocenters. The normalized spacial score (nSPS) is 10.7. The van der Waals surface area contributed by atoms with Crippen molar-refractivity contribution in [2.45, 2.75) is 34.0 Å². The minimum atomic E-state index is -0.294. The maximum atomic E-state index is 5.43. The van der Waals surface area contributed by atoms with Crippen molar-refractivity contribution >= 4 is 23.1 Å². The van der Waals surface area contributed by atoms with E-state index in [1.807, 2.05) is 39.8 Å². The minimum absolute atomic E-state index is 0.294. The quantitative estimate of drug-likeness (QED) is 0.595. The van der Waals surface area contributed by atoms with Gasteiger partial charge in [-0.15, -0.1) is 0 Å². The highest BCUT2D eigenvalue weighted by Gasteiger charge is 2.08. The summed E-state index contributed by atoms with van der Waals surface area (Å²) in [7, 11) is 0. The molecule has 1 heterocycles. The number of nitrogens with zero attached hydrogens (tertiary/aromatic N) is 1. The molecule has 0 fully saturated rings. The molecule has 1 aromatic heterocycles. The van der Waals surface area contributed by atoms with Gasteiger partial charge in [-0.05, 0) is 57.6 Å². The maximum Gasteiger partial charge on any atom is 0.174 e. The van der Waals surface area contributed by atoms with Gasteiger partial charge in [-0.3, -0.25) is 0 Å². The van der Waals surface area contributed by atoms with E-state index in [0.29, 0.717) is 24.9 Å². The average Bonchev–Trinajstić information content (AvgIpc) is 2.35. The lowest BCUT2D eigenvalue weighted by Crippen LogP contribution is -2.37. The largest absolute Gasteiger partial charge is 0.357 e. The van der Waals surface area contributed by atoms with Crippen LogP contribution in [-0.2, 0) is 9.47 Å². The van der Waals surface area contributed by atoms with Gasteiger partial charge in [-0.2, -0.15) is 0 Å². The Kier molecular flexibility index (Phi) is 7.43. The van der Waals surface area contributed by atoms with Crippen LogP contribution in [0.25, 0.3) is 0 Å². The first kappa shape index (κ1) is 16.8. The Hall–Kier alpha value is -1.24. The van der Waals surface area contributed by atoms with Gasteiger partial charge in [0.1, 0.15) is 5.82 Å². The second kappa shape index (κ2) is 8.84. The molecule has 0 aliphatic carbocycles. The lowest BCUT2D eigenvalue weighted by atomic mass is 10.2. The van der Waals surface area contributed by atoms with E-state index in [1.54, 1.807) is 0 Å². The molecule has 1 aromatic rings. The van der Waals surface area contributed by atoms with Crippen LogP contribution in [-0.4, -0.2) is 36.1 Å². The third-order valence-corrected chi connectivity index (χ3v) is 2.72. The van der Waals surface area contributed by atoms with Gasteiger partial charge in [0.05, 0.1) is 6.54 Å². The van der Waals surface area contributed by atoms with E-state index >= 15 is 0 Å². The van der Waals surface area contributed by atoms with Gasteiger partial charge in [0.2, 0.25) is 0 Å². The van der Waals surface area contributed by atoms with Crippen molar-refractivity contribution in [2.24, 2.45) is 0 Å². The van der Waals surface area contributed by atoms with Gasteiger partial charge >= 0.3 is 0 Å². The van der Waals surface area contributed by atoms with E-state index < -0.39 is 0 Å². The smallest absolute Gasteiger partial charge is 0.174 e. The van der Waals surface area contributed by atoms with E-state index in [-0.39, 0.29) is 6.29 Å². The van der Waals surface area contributed by atoms with E-state index in [9.17, 15) is 0 Å². The van der Waals surface area contributed by atoms with Gasteiger partial charge in [-0.25, -0.2) is 4.98 Å². The number of hydrogen-bond donors (Lipinski definition) is 2. The first-order valence-corrected chi connectivity index (χ1v) is 7.19. The predicted molar refractivity (Wildman–Crippen MR) is 85.0 cm³/mol. The summed E-state index contributed by atoms with van der Waals surface area (Å²) in [6, 6.07) is 3.96. The zero-order valence-electron chi connectivity index (χ0n) is 12.5. The molecular weight excluding hydrogens is 274 g/mol. The predicted octanol–water partition coefficient (Wildman–Crippen LogP) is 2.38. The number of hydrogen-bond acceptors (Lipinski definition) is 4. The zero-order valence-corrected chi connectivity index (χ0v) is 13.3. The summed E-state index contributed by atoms with van der Waals surface area (Å²) in [5, 5.41) is 6.64. The number of thiocarbonyl (C=S) groups is 1. The van der Waals surface area contributed by atoms with Crippen molar-refractivity contribution in [2.75, 3.05) is 25.1 Å². The fourth-order valence-corrected chi connectivity index (χ4v) is 1.97. The van der Waals surface area contributed by atoms with Crippen molar-refractivity contribution in [3.8, 4) is 0 Å². The van der Waals surface area contributed by atoms with E-state index in [4.69, 9.17) is 21.7 Å². The highest BCUT2D eigenvalue weighted by Crippen LogP contribution is 2.08. The lowest BCUT2D eigenvalue weighted by molar-refractivity contribution is -0.130. The SMILES string of the molecule is CCOC(CNC(=S)Nc1cc(C)cc(C)n1)OCC. The Bertz CT molecular complexity index is 414. The number of rotatable bonds is 7. The molecule has 0 spiro atoms. The summed E-state index contributed by atoms with van der Waals surface area (Å²) >= 11 is 5.24. The molecule has 0 amide bonds. The molecule has 2 N–H and O–H groups in total. The number of anilines is 1. The Morgan fingerprint density at radius 3 is 2.45 bits per heavy atom. The van der Waals surface area contributed by atoms with Crippen LogP contribution in [0.3, 0.4) is 0 Å². The van der Waals surface area contributed by atoms with Crippen LogP contribution in [0, 0.1) is 13.8 Å². The van der Waals surface area contributed by atoms with Crippen molar-refractivity contribution in [1.82, 2.24) is 10.3 Å². The fraction of sp³-hybridized carbons (Fsp3) is 0.571. The molecule has 20 heavy (non-hydrogen) atoms. The summed E-state index contributed by atoms with van der Waals surface area (Å²) in [6.07, 6.45) is -0.294. The lowest BCUT2D eigenvalue weighted by Gasteiger charge is -2.18. The first-order chi connectivity index (χ1) is 9.55. The van der Waals surface area contributed by atoms with Crippen LogP contribution in [0.5, 0.6) is 0 Å². The monoisotopic (exact) mass is 297 g/mol. The van der Waals surface area contributed by atoms with Crippen molar-refractivity contribution < 1.29 is 9.47 Å². The molecule has 5 nitrogen and oxygen atoms in total. The van der Waals surface area contributed by atoms with Crippen LogP contribution in [0.15, 0.2) is 12.1 Å². The Labute approximate surface area is 126 Å². The fourth-order valence-electron chi connectivity index (χ4n) is 1.78. The molecule has 0 atom stereocenters. The molecular formula is C14H23N3O2S. The summed E-state index contributed by atoms with van der Waals surface area (Å²) in [6.45, 7) is 9.55. The molecule has 0 aromatic carbocycles. The van der Waals surface area contributed by atoms with E-state index in [1.165, 1.54) is 0 Å². The highest BCUT2D eigenvalue weighted by molar-refractivity contribution is 7.80. The number of aryl methyl sites for hydroxylation is 2. The third-order valence-electron chi connectivity index (χ3n) is 2.47. The maximum absolute atomic E-state index is 5.43. The van der Waals surface area contributed by atoms with Crippen molar-refractivity contribution in [3.63, 3.8) is 0 Å². The summed E-state index contributed by atoms with van der Waals surface area (Å²) < 4.78 is 10.9. The van der Waals surface area contributed by atoms with E-state index in [2.05, 4.69) is 15.6 Å². The van der Waals surface area contributed by atoms with Gasteiger partial charge < -0.3 is 20.1 Å². The van der Waals surface area contributed by atoms with Crippen molar-refractivity contribution in [1.29, 1.82) is 0 Å². The molecule has 0 saturated heterocycles. The molecule has 0 aliphatic rings. The Balaban J connectivity index is 2.46. The number of pyridine rings is 1. The van der Waals surface area contributed by atoms with Crippen LogP contribution in [0.2, 0.25) is 0 Å². The molecule has 112 valence electrons. The summed E-state index contributed by atoms with van der Waals surface area (Å²) in [5.74, 6) is 0.740. The van der Waals surface area contributed by atoms with Crippen molar-refractivity contribution in [3.05, 3.63) is 23.4 Å². The van der Waals surface area contributed by atoms with Gasteiger partial charge in [-0.1, -0.05) is 0 Å². The second-order valence-corrected chi connectivity index (χ2v) is 4.75. The molecule has 0 radical (unpaired) electrons. The van der Waals surface area contributed by atoms with E-state index in [0.717, 1.165) is 17.1 Å². The molecule has 0 aliphatic heterocycles. The van der Waals surface area contributed by atoms with Crippen LogP contribution in [0.1, 0.15) is 25.1 Å². The number of nitrogens with one attached hydrogen (secondary N) is 2. The standard InChI is InChI=1S/C14H23N3O2S/c1-5-18-13(19-6-2)9-15-14(20)17-12-8-10(3)7-11(4)16-12/h7-8,13H,5-6,9H2,1-4H3,(H2,15,16,17,20). The Morgan fingerprint density at radius 1 is 1.25 bits per heavy atom. The highest BCUT2D eigenvalue weighted by atomic mass is 32.1. The average molecular weight is 297 g/mol. The molecule has 1 rings (SSSR count). The molecule has 6 heteroatoms. The van der Waals surface area contributed by atoms with Gasteiger partial charge in [0.15, 0.2) is 11.4 Å². The Morgan fingerprint density at radius 2 is 1.90 bits per heavy atom. The van der Waals surface area contributed by atoms with Crippen LogP contribution < -0.4 is 10.6 Å². The van der Waals surface area contributed by atoms with Gasteiger partial charge in [0.25, 0.3) is 0 Å². The topological polar surface area (TPSA) is 55.4 Å². The molecule has 0 bridgehead atoms. The first-order valence-electron chi connectivity index (χ1n) is 6.78. The van der Waals surface area contributed by atoms with Gasteiger partial charge in [0, 0.05) is 18.9 Å². The third kappa shape index (κ3) is 6.27. The zero-order chi connectivity index (χ0) is 15.0. The minimum Gasteiger partial charge on any atom is -0.357 e. The number of aromatic nitrogens is 1.